The fraction of sp³-hybridized carbons (Fsp3) is 0.214. The molecule has 2 aromatic rings. The Morgan fingerprint density at radius 1 is 1.35 bits per heavy atom. The molecule has 2 rings (SSSR count). The van der Waals surface area contributed by atoms with E-state index in [2.05, 4.69) is 15.6 Å². The SMILES string of the molecule is Cc1cccnc1NC(=O)C(C)NC(=O)c1ccoc1. The predicted octanol–water partition coefficient (Wildman–Crippen LogP) is 1.74. The maximum atomic E-state index is 12.0. The van der Waals surface area contributed by atoms with Crippen LogP contribution in [0.25, 0.3) is 0 Å². The number of anilines is 1. The first-order valence-electron chi connectivity index (χ1n) is 6.13. The molecule has 20 heavy (non-hydrogen) atoms. The van der Waals surface area contributed by atoms with Crippen molar-refractivity contribution < 1.29 is 14.0 Å². The van der Waals surface area contributed by atoms with E-state index in [1.807, 2.05) is 13.0 Å². The minimum atomic E-state index is -0.682. The Balaban J connectivity index is 1.96. The topological polar surface area (TPSA) is 84.2 Å². The third kappa shape index (κ3) is 3.23. The van der Waals surface area contributed by atoms with E-state index >= 15 is 0 Å². The van der Waals surface area contributed by atoms with Crippen LogP contribution < -0.4 is 10.6 Å². The van der Waals surface area contributed by atoms with Crippen molar-refractivity contribution in [2.24, 2.45) is 0 Å². The molecule has 0 saturated heterocycles. The van der Waals surface area contributed by atoms with Gasteiger partial charge in [-0.05, 0) is 31.5 Å². The average Bonchev–Trinajstić information content (AvgIpc) is 2.95. The summed E-state index contributed by atoms with van der Waals surface area (Å²) in [6.07, 6.45) is 4.32. The smallest absolute Gasteiger partial charge is 0.255 e. The van der Waals surface area contributed by atoms with E-state index in [4.69, 9.17) is 4.42 Å². The molecule has 2 heterocycles. The highest BCUT2D eigenvalue weighted by Crippen LogP contribution is 2.09. The monoisotopic (exact) mass is 273 g/mol. The third-order valence-corrected chi connectivity index (χ3v) is 2.78. The zero-order chi connectivity index (χ0) is 14.5. The Bertz CT molecular complexity index is 608. The molecule has 6 heteroatoms. The molecule has 104 valence electrons. The van der Waals surface area contributed by atoms with Crippen molar-refractivity contribution in [2.75, 3.05) is 5.32 Å². The Labute approximate surface area is 116 Å². The molecule has 0 bridgehead atoms. The van der Waals surface area contributed by atoms with Gasteiger partial charge in [0.05, 0.1) is 11.8 Å². The van der Waals surface area contributed by atoms with E-state index in [9.17, 15) is 9.59 Å². The van der Waals surface area contributed by atoms with Crippen LogP contribution in [0.3, 0.4) is 0 Å². The van der Waals surface area contributed by atoms with E-state index in [-0.39, 0.29) is 11.8 Å². The number of nitrogens with zero attached hydrogens (tertiary/aromatic N) is 1. The molecule has 0 aliphatic heterocycles. The molecule has 1 atom stereocenters. The molecule has 2 N–H and O–H groups in total. The Hall–Kier alpha value is -2.63. The van der Waals surface area contributed by atoms with E-state index in [0.29, 0.717) is 11.4 Å². The number of furan rings is 1. The summed E-state index contributed by atoms with van der Waals surface area (Å²) in [5, 5.41) is 5.26. The highest BCUT2D eigenvalue weighted by atomic mass is 16.3. The number of aryl methyl sites for hydroxylation is 1. The molecule has 6 nitrogen and oxygen atoms in total. The molecule has 0 aliphatic rings. The van der Waals surface area contributed by atoms with Gasteiger partial charge in [-0.15, -0.1) is 0 Å². The first-order valence-corrected chi connectivity index (χ1v) is 6.13. The summed E-state index contributed by atoms with van der Waals surface area (Å²) in [6.45, 7) is 3.45. The van der Waals surface area contributed by atoms with Crippen LogP contribution in [-0.2, 0) is 4.79 Å². The van der Waals surface area contributed by atoms with Crippen LogP contribution >= 0.6 is 0 Å². The summed E-state index contributed by atoms with van der Waals surface area (Å²) in [4.78, 5) is 27.8. The lowest BCUT2D eigenvalue weighted by Gasteiger charge is -2.14. The van der Waals surface area contributed by atoms with E-state index in [0.717, 1.165) is 5.56 Å². The molecule has 0 radical (unpaired) electrons. The second-order valence-electron chi connectivity index (χ2n) is 4.37. The number of hydrogen-bond donors (Lipinski definition) is 2. The first-order chi connectivity index (χ1) is 9.58. The predicted molar refractivity (Wildman–Crippen MR) is 73.2 cm³/mol. The summed E-state index contributed by atoms with van der Waals surface area (Å²) in [5.74, 6) is -0.204. The van der Waals surface area contributed by atoms with Crippen molar-refractivity contribution in [1.29, 1.82) is 0 Å². The normalized spacial score (nSPS) is 11.7. The number of aromatic nitrogens is 1. The average molecular weight is 273 g/mol. The molecule has 2 amide bonds. The summed E-state index contributed by atoms with van der Waals surface area (Å²) in [6, 6.07) is 4.48. The largest absolute Gasteiger partial charge is 0.472 e. The van der Waals surface area contributed by atoms with Gasteiger partial charge in [-0.25, -0.2) is 4.98 Å². The zero-order valence-electron chi connectivity index (χ0n) is 11.2. The lowest BCUT2D eigenvalue weighted by molar-refractivity contribution is -0.117. The van der Waals surface area contributed by atoms with Crippen molar-refractivity contribution >= 4 is 17.6 Å². The van der Waals surface area contributed by atoms with Crippen molar-refractivity contribution in [3.63, 3.8) is 0 Å². The fourth-order valence-corrected chi connectivity index (χ4v) is 1.58. The molecule has 0 aliphatic carbocycles. The lowest BCUT2D eigenvalue weighted by Crippen LogP contribution is -2.41. The van der Waals surface area contributed by atoms with Gasteiger partial charge in [0.25, 0.3) is 5.91 Å². The number of hydrogen-bond acceptors (Lipinski definition) is 4. The summed E-state index contributed by atoms with van der Waals surface area (Å²) >= 11 is 0. The number of carbonyl (C=O) groups excluding carboxylic acids is 2. The van der Waals surface area contributed by atoms with Crippen LogP contribution in [0.1, 0.15) is 22.8 Å². The molecule has 2 aromatic heterocycles. The molecule has 0 aromatic carbocycles. The molecular formula is C14H15N3O3. The Morgan fingerprint density at radius 3 is 2.80 bits per heavy atom. The maximum absolute atomic E-state index is 12.0. The van der Waals surface area contributed by atoms with Crippen LogP contribution in [0.5, 0.6) is 0 Å². The van der Waals surface area contributed by atoms with Gasteiger partial charge in [0, 0.05) is 6.20 Å². The second kappa shape index (κ2) is 6.01. The van der Waals surface area contributed by atoms with Crippen LogP contribution in [0, 0.1) is 6.92 Å². The number of nitrogens with one attached hydrogen (secondary N) is 2. The van der Waals surface area contributed by atoms with Gasteiger partial charge in [-0.3, -0.25) is 9.59 Å². The van der Waals surface area contributed by atoms with Crippen LogP contribution in [0.4, 0.5) is 5.82 Å². The highest BCUT2D eigenvalue weighted by molar-refractivity contribution is 6.00. The minimum absolute atomic E-state index is 0.330. The number of pyridine rings is 1. The molecule has 0 fully saturated rings. The van der Waals surface area contributed by atoms with Crippen molar-refractivity contribution in [3.05, 3.63) is 48.0 Å². The minimum Gasteiger partial charge on any atom is -0.472 e. The zero-order valence-corrected chi connectivity index (χ0v) is 11.2. The lowest BCUT2D eigenvalue weighted by atomic mass is 10.2. The number of carbonyl (C=O) groups is 2. The van der Waals surface area contributed by atoms with Gasteiger partial charge in [0.15, 0.2) is 0 Å². The Morgan fingerprint density at radius 2 is 2.15 bits per heavy atom. The van der Waals surface area contributed by atoms with E-state index in [1.54, 1.807) is 19.2 Å². The molecule has 1 unspecified atom stereocenters. The van der Waals surface area contributed by atoms with Crippen molar-refractivity contribution in [3.8, 4) is 0 Å². The van der Waals surface area contributed by atoms with Gasteiger partial charge in [-0.2, -0.15) is 0 Å². The van der Waals surface area contributed by atoms with Gasteiger partial charge >= 0.3 is 0 Å². The van der Waals surface area contributed by atoms with Crippen LogP contribution in [0.15, 0.2) is 41.3 Å². The third-order valence-electron chi connectivity index (χ3n) is 2.78. The summed E-state index contributed by atoms with van der Waals surface area (Å²) < 4.78 is 4.82. The Kier molecular flexibility index (Phi) is 4.14. The quantitative estimate of drug-likeness (QED) is 0.888. The van der Waals surface area contributed by atoms with Gasteiger partial charge in [-0.1, -0.05) is 6.07 Å². The maximum Gasteiger partial charge on any atom is 0.255 e. The van der Waals surface area contributed by atoms with E-state index in [1.165, 1.54) is 18.6 Å². The number of amides is 2. The van der Waals surface area contributed by atoms with Crippen LogP contribution in [0.2, 0.25) is 0 Å². The van der Waals surface area contributed by atoms with Crippen molar-refractivity contribution in [1.82, 2.24) is 10.3 Å². The van der Waals surface area contributed by atoms with E-state index < -0.39 is 6.04 Å². The summed E-state index contributed by atoms with van der Waals surface area (Å²) in [5.41, 5.74) is 1.23. The van der Waals surface area contributed by atoms with Gasteiger partial charge in [0.1, 0.15) is 18.1 Å². The number of rotatable bonds is 4. The van der Waals surface area contributed by atoms with Crippen LogP contribution in [-0.4, -0.2) is 22.8 Å². The molecule has 0 saturated carbocycles. The second-order valence-corrected chi connectivity index (χ2v) is 4.37. The molecule has 0 spiro atoms. The van der Waals surface area contributed by atoms with Crippen molar-refractivity contribution in [2.45, 2.75) is 19.9 Å². The summed E-state index contributed by atoms with van der Waals surface area (Å²) in [7, 11) is 0. The van der Waals surface area contributed by atoms with Gasteiger partial charge in [0.2, 0.25) is 5.91 Å². The standard InChI is InChI=1S/C14H15N3O3/c1-9-4-3-6-15-12(9)17-13(18)10(2)16-14(19)11-5-7-20-8-11/h3-8,10H,1-2H3,(H,16,19)(H,15,17,18). The fourth-order valence-electron chi connectivity index (χ4n) is 1.58. The molecular weight excluding hydrogens is 258 g/mol. The van der Waals surface area contributed by atoms with Gasteiger partial charge < -0.3 is 15.1 Å². The highest BCUT2D eigenvalue weighted by Gasteiger charge is 2.18. The first kappa shape index (κ1) is 13.8.